The van der Waals surface area contributed by atoms with Crippen molar-refractivity contribution in [2.24, 2.45) is 0 Å². The Bertz CT molecular complexity index is 614. The Balaban J connectivity index is 2.22. The standard InChI is InChI=1S/C14H13BrN2O2/c1-9-7-10(19-2)3-4-13(9)17-14(18)11-5-6-16-8-12(11)15/h3-8H,1-2H3,(H,17,18). The Morgan fingerprint density at radius 2 is 2.16 bits per heavy atom. The summed E-state index contributed by atoms with van der Waals surface area (Å²) in [6, 6.07) is 7.17. The number of carbonyl (C=O) groups is 1. The SMILES string of the molecule is COc1ccc(NC(=O)c2ccncc2Br)c(C)c1. The lowest BCUT2D eigenvalue weighted by Crippen LogP contribution is -2.13. The van der Waals surface area contributed by atoms with Gasteiger partial charge in [0.15, 0.2) is 0 Å². The fraction of sp³-hybridized carbons (Fsp3) is 0.143. The fourth-order valence-electron chi connectivity index (χ4n) is 1.65. The van der Waals surface area contributed by atoms with E-state index in [0.717, 1.165) is 17.0 Å². The average molecular weight is 321 g/mol. The second-order valence-electron chi connectivity index (χ2n) is 3.99. The van der Waals surface area contributed by atoms with Gasteiger partial charge in [0.2, 0.25) is 0 Å². The van der Waals surface area contributed by atoms with Gasteiger partial charge >= 0.3 is 0 Å². The van der Waals surface area contributed by atoms with E-state index in [4.69, 9.17) is 4.74 Å². The fourth-order valence-corrected chi connectivity index (χ4v) is 2.08. The highest BCUT2D eigenvalue weighted by atomic mass is 79.9. The van der Waals surface area contributed by atoms with Crippen LogP contribution in [0, 0.1) is 6.92 Å². The minimum absolute atomic E-state index is 0.178. The third kappa shape index (κ3) is 3.12. The van der Waals surface area contributed by atoms with Crippen LogP contribution in [-0.2, 0) is 0 Å². The van der Waals surface area contributed by atoms with Gasteiger partial charge < -0.3 is 10.1 Å². The Morgan fingerprint density at radius 3 is 2.79 bits per heavy atom. The van der Waals surface area contributed by atoms with E-state index in [1.54, 1.807) is 25.6 Å². The number of halogens is 1. The Hall–Kier alpha value is -1.88. The number of nitrogens with one attached hydrogen (secondary N) is 1. The molecule has 1 aromatic carbocycles. The summed E-state index contributed by atoms with van der Waals surface area (Å²) in [5, 5.41) is 2.87. The molecule has 2 rings (SSSR count). The molecule has 0 fully saturated rings. The first-order valence-corrected chi connectivity index (χ1v) is 6.46. The smallest absolute Gasteiger partial charge is 0.256 e. The molecule has 4 nitrogen and oxygen atoms in total. The van der Waals surface area contributed by atoms with Crippen LogP contribution >= 0.6 is 15.9 Å². The van der Waals surface area contributed by atoms with Crippen molar-refractivity contribution in [1.29, 1.82) is 0 Å². The zero-order chi connectivity index (χ0) is 13.8. The number of nitrogens with zero attached hydrogens (tertiary/aromatic N) is 1. The number of aryl methyl sites for hydroxylation is 1. The molecular weight excluding hydrogens is 308 g/mol. The van der Waals surface area contributed by atoms with E-state index in [2.05, 4.69) is 26.2 Å². The maximum Gasteiger partial charge on any atom is 0.256 e. The van der Waals surface area contributed by atoms with Gasteiger partial charge in [0.05, 0.1) is 12.7 Å². The van der Waals surface area contributed by atoms with Crippen LogP contribution in [-0.4, -0.2) is 18.0 Å². The van der Waals surface area contributed by atoms with Crippen molar-refractivity contribution < 1.29 is 9.53 Å². The van der Waals surface area contributed by atoms with Crippen LogP contribution in [0.4, 0.5) is 5.69 Å². The van der Waals surface area contributed by atoms with Crippen LogP contribution in [0.1, 0.15) is 15.9 Å². The molecule has 0 aliphatic heterocycles. The number of hydrogen-bond acceptors (Lipinski definition) is 3. The molecule has 0 aliphatic rings. The zero-order valence-electron chi connectivity index (χ0n) is 10.6. The average Bonchev–Trinajstić information content (AvgIpc) is 2.41. The monoisotopic (exact) mass is 320 g/mol. The predicted octanol–water partition coefficient (Wildman–Crippen LogP) is 3.41. The van der Waals surface area contributed by atoms with Crippen LogP contribution in [0.5, 0.6) is 5.75 Å². The first-order valence-electron chi connectivity index (χ1n) is 5.67. The Kier molecular flexibility index (Phi) is 4.16. The zero-order valence-corrected chi connectivity index (χ0v) is 12.2. The molecule has 0 radical (unpaired) electrons. The number of hydrogen-bond donors (Lipinski definition) is 1. The molecule has 1 N–H and O–H groups in total. The molecule has 0 saturated carbocycles. The molecule has 1 amide bonds. The molecule has 0 saturated heterocycles. The van der Waals surface area contributed by atoms with E-state index in [-0.39, 0.29) is 5.91 Å². The highest BCUT2D eigenvalue weighted by Gasteiger charge is 2.11. The second-order valence-corrected chi connectivity index (χ2v) is 4.84. The molecule has 2 aromatic rings. The maximum atomic E-state index is 12.1. The van der Waals surface area contributed by atoms with E-state index in [1.807, 2.05) is 25.1 Å². The van der Waals surface area contributed by atoms with Gasteiger partial charge in [-0.3, -0.25) is 9.78 Å². The number of benzene rings is 1. The highest BCUT2D eigenvalue weighted by molar-refractivity contribution is 9.10. The number of rotatable bonds is 3. The minimum Gasteiger partial charge on any atom is -0.497 e. The van der Waals surface area contributed by atoms with Crippen LogP contribution in [0.3, 0.4) is 0 Å². The lowest BCUT2D eigenvalue weighted by Gasteiger charge is -2.10. The van der Waals surface area contributed by atoms with Gasteiger partial charge in [0.25, 0.3) is 5.91 Å². The molecule has 98 valence electrons. The van der Waals surface area contributed by atoms with Gasteiger partial charge in [-0.2, -0.15) is 0 Å². The number of anilines is 1. The van der Waals surface area contributed by atoms with Crippen LogP contribution in [0.2, 0.25) is 0 Å². The summed E-state index contributed by atoms with van der Waals surface area (Å²) in [5.74, 6) is 0.586. The first kappa shape index (κ1) is 13.5. The van der Waals surface area contributed by atoms with E-state index >= 15 is 0 Å². The topological polar surface area (TPSA) is 51.2 Å². The lowest BCUT2D eigenvalue weighted by molar-refractivity contribution is 0.102. The Morgan fingerprint density at radius 1 is 1.37 bits per heavy atom. The molecule has 0 aliphatic carbocycles. The molecule has 19 heavy (non-hydrogen) atoms. The third-order valence-electron chi connectivity index (χ3n) is 2.70. The number of pyridine rings is 1. The molecule has 0 bridgehead atoms. The third-order valence-corrected chi connectivity index (χ3v) is 3.33. The van der Waals surface area contributed by atoms with Crippen molar-refractivity contribution in [3.05, 3.63) is 52.3 Å². The van der Waals surface area contributed by atoms with Crippen molar-refractivity contribution in [1.82, 2.24) is 4.98 Å². The summed E-state index contributed by atoms with van der Waals surface area (Å²) in [5.41, 5.74) is 2.25. The van der Waals surface area contributed by atoms with Crippen molar-refractivity contribution in [3.8, 4) is 5.75 Å². The van der Waals surface area contributed by atoms with E-state index in [1.165, 1.54) is 0 Å². The summed E-state index contributed by atoms with van der Waals surface area (Å²) in [6.07, 6.45) is 3.18. The molecule has 1 aromatic heterocycles. The largest absolute Gasteiger partial charge is 0.497 e. The van der Waals surface area contributed by atoms with Crippen LogP contribution in [0.15, 0.2) is 41.1 Å². The van der Waals surface area contributed by atoms with Gasteiger partial charge in [-0.15, -0.1) is 0 Å². The highest BCUT2D eigenvalue weighted by Crippen LogP contribution is 2.22. The number of aromatic nitrogens is 1. The van der Waals surface area contributed by atoms with Gasteiger partial charge in [0, 0.05) is 22.6 Å². The van der Waals surface area contributed by atoms with Gasteiger partial charge in [0.1, 0.15) is 5.75 Å². The van der Waals surface area contributed by atoms with Crippen molar-refractivity contribution in [2.75, 3.05) is 12.4 Å². The van der Waals surface area contributed by atoms with Crippen molar-refractivity contribution in [3.63, 3.8) is 0 Å². The summed E-state index contributed by atoms with van der Waals surface area (Å²) >= 11 is 3.31. The normalized spacial score (nSPS) is 10.1. The number of methoxy groups -OCH3 is 1. The number of ether oxygens (including phenoxy) is 1. The van der Waals surface area contributed by atoms with Crippen LogP contribution in [0.25, 0.3) is 0 Å². The Labute approximate surface area is 119 Å². The molecule has 0 atom stereocenters. The second kappa shape index (κ2) is 5.84. The number of carbonyl (C=O) groups excluding carboxylic acids is 1. The molecule has 0 spiro atoms. The van der Waals surface area contributed by atoms with Crippen molar-refractivity contribution in [2.45, 2.75) is 6.92 Å². The van der Waals surface area contributed by atoms with Crippen LogP contribution < -0.4 is 10.1 Å². The minimum atomic E-state index is -0.178. The predicted molar refractivity (Wildman–Crippen MR) is 77.6 cm³/mol. The summed E-state index contributed by atoms with van der Waals surface area (Å²) in [7, 11) is 1.61. The lowest BCUT2D eigenvalue weighted by atomic mass is 10.1. The molecule has 5 heteroatoms. The van der Waals surface area contributed by atoms with Gasteiger partial charge in [-0.05, 0) is 52.7 Å². The van der Waals surface area contributed by atoms with E-state index in [0.29, 0.717) is 10.0 Å². The summed E-state index contributed by atoms with van der Waals surface area (Å²) in [6.45, 7) is 1.92. The quantitative estimate of drug-likeness (QED) is 0.942. The summed E-state index contributed by atoms with van der Waals surface area (Å²) in [4.78, 5) is 16.1. The maximum absolute atomic E-state index is 12.1. The van der Waals surface area contributed by atoms with Crippen molar-refractivity contribution >= 4 is 27.5 Å². The first-order chi connectivity index (χ1) is 9.11. The van der Waals surface area contributed by atoms with E-state index in [9.17, 15) is 4.79 Å². The van der Waals surface area contributed by atoms with Gasteiger partial charge in [-0.1, -0.05) is 0 Å². The molecular formula is C14H13BrN2O2. The summed E-state index contributed by atoms with van der Waals surface area (Å²) < 4.78 is 5.80. The van der Waals surface area contributed by atoms with E-state index < -0.39 is 0 Å². The molecule has 0 unspecified atom stereocenters. The van der Waals surface area contributed by atoms with Gasteiger partial charge in [-0.25, -0.2) is 0 Å². The molecule has 1 heterocycles. The number of amides is 1.